The first kappa shape index (κ1) is 13.8. The van der Waals surface area contributed by atoms with E-state index in [0.29, 0.717) is 11.7 Å². The summed E-state index contributed by atoms with van der Waals surface area (Å²) >= 11 is 0. The Morgan fingerprint density at radius 2 is 2.16 bits per heavy atom. The molecule has 0 aromatic carbocycles. The quantitative estimate of drug-likeness (QED) is 0.848. The Morgan fingerprint density at radius 1 is 1.47 bits per heavy atom. The lowest BCUT2D eigenvalue weighted by Crippen LogP contribution is -2.45. The fourth-order valence-electron chi connectivity index (χ4n) is 2.59. The smallest absolute Gasteiger partial charge is 0.247 e. The van der Waals surface area contributed by atoms with Gasteiger partial charge in [0.05, 0.1) is 0 Å². The topological polar surface area (TPSA) is 68.0 Å². The van der Waals surface area contributed by atoms with Crippen LogP contribution in [0.2, 0.25) is 0 Å². The third-order valence-electron chi connectivity index (χ3n) is 3.63. The number of hydrogen-bond donors (Lipinski definition) is 1. The summed E-state index contributed by atoms with van der Waals surface area (Å²) in [5.74, 6) is 1.11. The molecule has 2 rings (SSSR count). The molecule has 5 heteroatoms. The number of allylic oxidation sites excluding steroid dienone is 1. The maximum Gasteiger partial charge on any atom is 0.247 e. The molecule has 1 aromatic heterocycles. The van der Waals surface area contributed by atoms with Crippen molar-refractivity contribution in [3.05, 3.63) is 23.4 Å². The standard InChI is InChI=1S/C14H21N3O2/c1-4-7-10(2)12(18)16-14(8-5-6-9-14)13-15-11(3)19-17-13/h7H,4-6,8-9H2,1-3H3,(H,16,18)/b10-7+. The van der Waals surface area contributed by atoms with Gasteiger partial charge >= 0.3 is 0 Å². The number of nitrogens with one attached hydrogen (secondary N) is 1. The highest BCUT2D eigenvalue weighted by Crippen LogP contribution is 2.37. The molecule has 1 N–H and O–H groups in total. The highest BCUT2D eigenvalue weighted by Gasteiger charge is 2.41. The molecule has 1 heterocycles. The van der Waals surface area contributed by atoms with Gasteiger partial charge in [-0.1, -0.05) is 31.0 Å². The van der Waals surface area contributed by atoms with E-state index >= 15 is 0 Å². The van der Waals surface area contributed by atoms with Crippen LogP contribution in [0.25, 0.3) is 0 Å². The third kappa shape index (κ3) is 2.85. The van der Waals surface area contributed by atoms with Crippen LogP contribution in [0, 0.1) is 6.92 Å². The molecule has 0 radical (unpaired) electrons. The minimum Gasteiger partial charge on any atom is -0.340 e. The minimum atomic E-state index is -0.447. The van der Waals surface area contributed by atoms with E-state index < -0.39 is 5.54 Å². The maximum absolute atomic E-state index is 12.2. The van der Waals surface area contributed by atoms with Crippen molar-refractivity contribution in [2.75, 3.05) is 0 Å². The molecular formula is C14H21N3O2. The summed E-state index contributed by atoms with van der Waals surface area (Å²) in [4.78, 5) is 16.5. The van der Waals surface area contributed by atoms with Crippen LogP contribution in [0.4, 0.5) is 0 Å². The summed E-state index contributed by atoms with van der Waals surface area (Å²) in [5, 5.41) is 7.12. The summed E-state index contributed by atoms with van der Waals surface area (Å²) in [6, 6.07) is 0. The predicted molar refractivity (Wildman–Crippen MR) is 71.4 cm³/mol. The van der Waals surface area contributed by atoms with E-state index in [-0.39, 0.29) is 5.91 Å². The fourth-order valence-corrected chi connectivity index (χ4v) is 2.59. The molecule has 1 fully saturated rings. The van der Waals surface area contributed by atoms with Gasteiger partial charge in [-0.25, -0.2) is 0 Å². The van der Waals surface area contributed by atoms with E-state index in [0.717, 1.165) is 37.7 Å². The average molecular weight is 263 g/mol. The Balaban J connectivity index is 2.21. The van der Waals surface area contributed by atoms with Crippen LogP contribution in [0.1, 0.15) is 57.7 Å². The number of carbonyl (C=O) groups excluding carboxylic acids is 1. The first-order chi connectivity index (χ1) is 9.07. The molecule has 5 nitrogen and oxygen atoms in total. The molecule has 1 saturated carbocycles. The first-order valence-corrected chi connectivity index (χ1v) is 6.87. The second kappa shape index (κ2) is 5.55. The Labute approximate surface area is 113 Å². The van der Waals surface area contributed by atoms with Gasteiger partial charge in [0, 0.05) is 12.5 Å². The van der Waals surface area contributed by atoms with Gasteiger partial charge in [-0.3, -0.25) is 4.79 Å². The SMILES string of the molecule is CC/C=C(\C)C(=O)NC1(c2noc(C)n2)CCCC1. The first-order valence-electron chi connectivity index (χ1n) is 6.87. The Kier molecular flexibility index (Phi) is 4.02. The van der Waals surface area contributed by atoms with Crippen LogP contribution in [0.5, 0.6) is 0 Å². The predicted octanol–water partition coefficient (Wildman–Crippen LogP) is 2.62. The van der Waals surface area contributed by atoms with Gasteiger partial charge < -0.3 is 9.84 Å². The molecule has 0 spiro atoms. The summed E-state index contributed by atoms with van der Waals surface area (Å²) < 4.78 is 5.06. The highest BCUT2D eigenvalue weighted by molar-refractivity contribution is 5.93. The van der Waals surface area contributed by atoms with E-state index in [9.17, 15) is 4.79 Å². The van der Waals surface area contributed by atoms with Crippen molar-refractivity contribution in [1.82, 2.24) is 15.5 Å². The van der Waals surface area contributed by atoms with Crippen LogP contribution in [-0.2, 0) is 10.3 Å². The van der Waals surface area contributed by atoms with E-state index in [2.05, 4.69) is 15.5 Å². The molecule has 1 aliphatic carbocycles. The number of amides is 1. The van der Waals surface area contributed by atoms with E-state index in [4.69, 9.17) is 4.52 Å². The summed E-state index contributed by atoms with van der Waals surface area (Å²) in [6.07, 6.45) is 6.68. The molecule has 1 amide bonds. The second-order valence-electron chi connectivity index (χ2n) is 5.18. The minimum absolute atomic E-state index is 0.0359. The summed E-state index contributed by atoms with van der Waals surface area (Å²) in [7, 11) is 0. The number of aryl methyl sites for hydroxylation is 1. The zero-order valence-corrected chi connectivity index (χ0v) is 11.8. The molecule has 1 aliphatic rings. The van der Waals surface area contributed by atoms with Crippen molar-refractivity contribution in [2.24, 2.45) is 0 Å². The summed E-state index contributed by atoms with van der Waals surface area (Å²) in [6.45, 7) is 5.62. The van der Waals surface area contributed by atoms with Crippen LogP contribution in [0.3, 0.4) is 0 Å². The van der Waals surface area contributed by atoms with Crippen molar-refractivity contribution in [1.29, 1.82) is 0 Å². The molecule has 0 unspecified atom stereocenters. The number of aromatic nitrogens is 2. The van der Waals surface area contributed by atoms with Gasteiger partial charge in [-0.05, 0) is 26.2 Å². The van der Waals surface area contributed by atoms with Crippen LogP contribution in [0.15, 0.2) is 16.2 Å². The van der Waals surface area contributed by atoms with Crippen molar-refractivity contribution < 1.29 is 9.32 Å². The van der Waals surface area contributed by atoms with Crippen molar-refractivity contribution in [3.8, 4) is 0 Å². The van der Waals surface area contributed by atoms with E-state index in [1.54, 1.807) is 6.92 Å². The molecule has 104 valence electrons. The Bertz CT molecular complexity index is 485. The van der Waals surface area contributed by atoms with Crippen molar-refractivity contribution >= 4 is 5.91 Å². The zero-order chi connectivity index (χ0) is 13.9. The number of carbonyl (C=O) groups is 1. The van der Waals surface area contributed by atoms with Crippen LogP contribution < -0.4 is 5.32 Å². The molecule has 0 bridgehead atoms. The highest BCUT2D eigenvalue weighted by atomic mass is 16.5. The monoisotopic (exact) mass is 263 g/mol. The summed E-state index contributed by atoms with van der Waals surface area (Å²) in [5.41, 5.74) is 0.298. The number of hydrogen-bond acceptors (Lipinski definition) is 4. The van der Waals surface area contributed by atoms with E-state index in [1.165, 1.54) is 0 Å². The fraction of sp³-hybridized carbons (Fsp3) is 0.643. The third-order valence-corrected chi connectivity index (χ3v) is 3.63. The van der Waals surface area contributed by atoms with Crippen LogP contribution in [-0.4, -0.2) is 16.0 Å². The van der Waals surface area contributed by atoms with Crippen molar-refractivity contribution in [3.63, 3.8) is 0 Å². The molecule has 0 saturated heterocycles. The molecular weight excluding hydrogens is 242 g/mol. The van der Waals surface area contributed by atoms with Gasteiger partial charge in [-0.2, -0.15) is 4.98 Å². The average Bonchev–Trinajstić information content (AvgIpc) is 2.99. The van der Waals surface area contributed by atoms with Gasteiger partial charge in [0.2, 0.25) is 11.8 Å². The number of nitrogens with zero attached hydrogens (tertiary/aromatic N) is 2. The molecule has 1 aromatic rings. The lowest BCUT2D eigenvalue weighted by Gasteiger charge is -2.26. The maximum atomic E-state index is 12.2. The Morgan fingerprint density at radius 3 is 2.68 bits per heavy atom. The van der Waals surface area contributed by atoms with E-state index in [1.807, 2.05) is 19.9 Å². The van der Waals surface area contributed by atoms with Gasteiger partial charge in [0.25, 0.3) is 0 Å². The van der Waals surface area contributed by atoms with Crippen LogP contribution >= 0.6 is 0 Å². The second-order valence-corrected chi connectivity index (χ2v) is 5.18. The molecule has 19 heavy (non-hydrogen) atoms. The molecule has 0 atom stereocenters. The largest absolute Gasteiger partial charge is 0.340 e. The Hall–Kier alpha value is -1.65. The molecule has 0 aliphatic heterocycles. The normalized spacial score (nSPS) is 18.6. The zero-order valence-electron chi connectivity index (χ0n) is 11.8. The number of rotatable bonds is 4. The van der Waals surface area contributed by atoms with Gasteiger partial charge in [0.1, 0.15) is 5.54 Å². The van der Waals surface area contributed by atoms with Crippen molar-refractivity contribution in [2.45, 2.75) is 58.4 Å². The lowest BCUT2D eigenvalue weighted by atomic mass is 9.96. The van der Waals surface area contributed by atoms with Gasteiger partial charge in [0.15, 0.2) is 5.82 Å². The lowest BCUT2D eigenvalue weighted by molar-refractivity contribution is -0.119. The van der Waals surface area contributed by atoms with Gasteiger partial charge in [-0.15, -0.1) is 0 Å².